The van der Waals surface area contributed by atoms with Gasteiger partial charge in [-0.05, 0) is 49.4 Å². The van der Waals surface area contributed by atoms with E-state index in [1.807, 2.05) is 0 Å². The third-order valence-corrected chi connectivity index (χ3v) is 4.50. The van der Waals surface area contributed by atoms with Gasteiger partial charge in [0.25, 0.3) is 0 Å². The Morgan fingerprint density at radius 2 is 2.00 bits per heavy atom. The van der Waals surface area contributed by atoms with Gasteiger partial charge in [0.15, 0.2) is 0 Å². The second kappa shape index (κ2) is 7.65. The Hall–Kier alpha value is -2.41. The molecule has 0 spiro atoms. The van der Waals surface area contributed by atoms with E-state index in [-0.39, 0.29) is 17.3 Å². The summed E-state index contributed by atoms with van der Waals surface area (Å²) in [5, 5.41) is 12.1. The van der Waals surface area contributed by atoms with Crippen LogP contribution in [0.1, 0.15) is 36.2 Å². The number of aromatic nitrogens is 2. The number of aromatic amines is 1. The molecule has 2 aromatic rings. The summed E-state index contributed by atoms with van der Waals surface area (Å²) in [5.41, 5.74) is 3.17. The van der Waals surface area contributed by atoms with Crippen LogP contribution < -0.4 is 10.6 Å². The Morgan fingerprint density at radius 1 is 1.20 bits per heavy atom. The van der Waals surface area contributed by atoms with Crippen LogP contribution in [0, 0.1) is 5.82 Å². The Kier molecular flexibility index (Phi) is 5.33. The molecule has 1 aromatic carbocycles. The lowest BCUT2D eigenvalue weighted by atomic mass is 10.1. The summed E-state index contributed by atoms with van der Waals surface area (Å²) in [6.07, 6.45) is 5.28. The number of fused-ring (bicyclic) bond motifs is 1. The molecule has 1 aliphatic rings. The van der Waals surface area contributed by atoms with E-state index >= 15 is 0 Å². The van der Waals surface area contributed by atoms with Gasteiger partial charge in [-0.3, -0.25) is 14.7 Å². The number of carbonyl (C=O) groups excluding carboxylic acids is 2. The van der Waals surface area contributed by atoms with E-state index in [9.17, 15) is 14.0 Å². The first-order valence-electron chi connectivity index (χ1n) is 8.14. The van der Waals surface area contributed by atoms with Gasteiger partial charge in [0.1, 0.15) is 5.82 Å². The molecule has 1 aliphatic carbocycles. The lowest BCUT2D eigenvalue weighted by Gasteiger charge is -2.07. The maximum atomic E-state index is 13.4. The van der Waals surface area contributed by atoms with Crippen LogP contribution in [0.5, 0.6) is 0 Å². The SMILES string of the molecule is O=C(NCc1n[nH]c2c1CCCCC2)C(=O)Nc1ccc(Cl)c(F)c1. The summed E-state index contributed by atoms with van der Waals surface area (Å²) < 4.78 is 13.4. The molecule has 0 unspecified atom stereocenters. The fraction of sp³-hybridized carbons (Fsp3) is 0.353. The van der Waals surface area contributed by atoms with E-state index in [1.165, 1.54) is 18.6 Å². The van der Waals surface area contributed by atoms with Crippen LogP contribution in [0.3, 0.4) is 0 Å². The highest BCUT2D eigenvalue weighted by molar-refractivity contribution is 6.39. The summed E-state index contributed by atoms with van der Waals surface area (Å²) in [6, 6.07) is 3.79. The standard InChI is InChI=1S/C17H18ClFN4O2/c18-12-7-6-10(8-13(12)19)21-17(25)16(24)20-9-15-11-4-2-1-3-5-14(11)22-23-15/h6-8H,1-5,9H2,(H,20,24)(H,21,25)(H,22,23). The van der Waals surface area contributed by atoms with Crippen molar-refractivity contribution in [2.24, 2.45) is 0 Å². The zero-order chi connectivity index (χ0) is 17.8. The Balaban J connectivity index is 1.58. The van der Waals surface area contributed by atoms with Gasteiger partial charge in [-0.1, -0.05) is 18.0 Å². The summed E-state index contributed by atoms with van der Waals surface area (Å²) in [5.74, 6) is -2.34. The first kappa shape index (κ1) is 17.4. The number of benzene rings is 1. The minimum atomic E-state index is -0.872. The van der Waals surface area contributed by atoms with Crippen LogP contribution in [-0.2, 0) is 29.0 Å². The van der Waals surface area contributed by atoms with Crippen LogP contribution in [0.2, 0.25) is 5.02 Å². The molecule has 132 valence electrons. The van der Waals surface area contributed by atoms with E-state index in [0.717, 1.165) is 48.7 Å². The number of nitrogens with zero attached hydrogens (tertiary/aromatic N) is 1. The summed E-state index contributed by atoms with van der Waals surface area (Å²) in [4.78, 5) is 23.9. The van der Waals surface area contributed by atoms with Crippen molar-refractivity contribution in [1.82, 2.24) is 15.5 Å². The topological polar surface area (TPSA) is 86.9 Å². The lowest BCUT2D eigenvalue weighted by Crippen LogP contribution is -2.35. The van der Waals surface area contributed by atoms with Crippen molar-refractivity contribution in [2.45, 2.75) is 38.6 Å². The number of anilines is 1. The number of aryl methyl sites for hydroxylation is 1. The fourth-order valence-electron chi connectivity index (χ4n) is 2.88. The highest BCUT2D eigenvalue weighted by Crippen LogP contribution is 2.21. The maximum Gasteiger partial charge on any atom is 0.313 e. The molecule has 0 saturated heterocycles. The van der Waals surface area contributed by atoms with E-state index in [0.29, 0.717) is 0 Å². The highest BCUT2D eigenvalue weighted by Gasteiger charge is 2.18. The molecule has 2 amide bonds. The van der Waals surface area contributed by atoms with Crippen LogP contribution in [0.15, 0.2) is 18.2 Å². The lowest BCUT2D eigenvalue weighted by molar-refractivity contribution is -0.136. The van der Waals surface area contributed by atoms with Gasteiger partial charge in [-0.25, -0.2) is 4.39 Å². The van der Waals surface area contributed by atoms with Gasteiger partial charge in [-0.15, -0.1) is 0 Å². The molecule has 0 fully saturated rings. The normalized spacial score (nSPS) is 13.7. The fourth-order valence-corrected chi connectivity index (χ4v) is 3.00. The smallest absolute Gasteiger partial charge is 0.313 e. The Labute approximate surface area is 149 Å². The first-order chi connectivity index (χ1) is 12.0. The first-order valence-corrected chi connectivity index (χ1v) is 8.51. The number of H-pyrrole nitrogens is 1. The minimum Gasteiger partial charge on any atom is -0.342 e. The molecular formula is C17H18ClFN4O2. The molecule has 3 rings (SSSR count). The van der Waals surface area contributed by atoms with E-state index in [4.69, 9.17) is 11.6 Å². The molecule has 0 atom stereocenters. The Bertz CT molecular complexity index is 806. The second-order valence-electron chi connectivity index (χ2n) is 5.95. The zero-order valence-corrected chi connectivity index (χ0v) is 14.3. The number of rotatable bonds is 3. The van der Waals surface area contributed by atoms with Crippen molar-refractivity contribution < 1.29 is 14.0 Å². The molecule has 3 N–H and O–H groups in total. The van der Waals surface area contributed by atoms with Crippen LogP contribution >= 0.6 is 11.6 Å². The molecule has 0 aliphatic heterocycles. The number of amides is 2. The van der Waals surface area contributed by atoms with Gasteiger partial charge in [-0.2, -0.15) is 5.10 Å². The van der Waals surface area contributed by atoms with E-state index in [2.05, 4.69) is 20.8 Å². The van der Waals surface area contributed by atoms with E-state index < -0.39 is 17.6 Å². The van der Waals surface area contributed by atoms with Gasteiger partial charge >= 0.3 is 11.8 Å². The molecule has 1 heterocycles. The largest absolute Gasteiger partial charge is 0.342 e. The Morgan fingerprint density at radius 3 is 2.80 bits per heavy atom. The molecule has 0 radical (unpaired) electrons. The number of halogens is 2. The predicted molar refractivity (Wildman–Crippen MR) is 91.7 cm³/mol. The van der Waals surface area contributed by atoms with Gasteiger partial charge < -0.3 is 10.6 Å². The monoisotopic (exact) mass is 364 g/mol. The van der Waals surface area contributed by atoms with Crippen LogP contribution in [-0.4, -0.2) is 22.0 Å². The predicted octanol–water partition coefficient (Wildman–Crippen LogP) is 2.73. The van der Waals surface area contributed by atoms with Crippen molar-refractivity contribution in [3.63, 3.8) is 0 Å². The minimum absolute atomic E-state index is 0.0540. The van der Waals surface area contributed by atoms with Gasteiger partial charge in [0, 0.05) is 11.4 Å². The summed E-state index contributed by atoms with van der Waals surface area (Å²) >= 11 is 5.58. The molecule has 25 heavy (non-hydrogen) atoms. The molecule has 1 aromatic heterocycles. The average Bonchev–Trinajstić information content (AvgIpc) is 2.82. The van der Waals surface area contributed by atoms with Crippen molar-refractivity contribution in [3.05, 3.63) is 46.0 Å². The number of nitrogens with one attached hydrogen (secondary N) is 3. The number of hydrogen-bond acceptors (Lipinski definition) is 3. The average molecular weight is 365 g/mol. The molecule has 6 nitrogen and oxygen atoms in total. The molecular weight excluding hydrogens is 347 g/mol. The number of hydrogen-bond donors (Lipinski definition) is 3. The zero-order valence-electron chi connectivity index (χ0n) is 13.5. The molecule has 0 saturated carbocycles. The van der Waals surface area contributed by atoms with Gasteiger partial charge in [0.2, 0.25) is 0 Å². The third-order valence-electron chi connectivity index (χ3n) is 4.19. The molecule has 0 bridgehead atoms. The van der Waals surface area contributed by atoms with Crippen molar-refractivity contribution >= 4 is 29.1 Å². The van der Waals surface area contributed by atoms with Crippen molar-refractivity contribution in [3.8, 4) is 0 Å². The summed E-state index contributed by atoms with van der Waals surface area (Å²) in [6.45, 7) is 0.174. The van der Waals surface area contributed by atoms with Crippen LogP contribution in [0.25, 0.3) is 0 Å². The van der Waals surface area contributed by atoms with Crippen molar-refractivity contribution in [1.29, 1.82) is 0 Å². The quantitative estimate of drug-likeness (QED) is 0.578. The third kappa shape index (κ3) is 4.17. The summed E-state index contributed by atoms with van der Waals surface area (Å²) in [7, 11) is 0. The second-order valence-corrected chi connectivity index (χ2v) is 6.36. The number of carbonyl (C=O) groups is 2. The molecule has 8 heteroatoms. The maximum absolute atomic E-state index is 13.4. The highest BCUT2D eigenvalue weighted by atomic mass is 35.5. The van der Waals surface area contributed by atoms with E-state index in [1.54, 1.807) is 0 Å². The van der Waals surface area contributed by atoms with Crippen LogP contribution in [0.4, 0.5) is 10.1 Å². The van der Waals surface area contributed by atoms with Gasteiger partial charge in [0.05, 0.1) is 17.3 Å². The van der Waals surface area contributed by atoms with Crippen molar-refractivity contribution in [2.75, 3.05) is 5.32 Å².